The minimum atomic E-state index is -4.42. The summed E-state index contributed by atoms with van der Waals surface area (Å²) in [7, 11) is 0. The first-order valence-corrected chi connectivity index (χ1v) is 1.49. The molecular weight excluding hydrogens is 124 g/mol. The van der Waals surface area contributed by atoms with E-state index in [1.165, 1.54) is 0 Å². The molecule has 6 heteroatoms. The zero-order valence-corrected chi connectivity index (χ0v) is 3.51. The molecule has 0 spiro atoms. The van der Waals surface area contributed by atoms with E-state index in [2.05, 4.69) is 0 Å². The van der Waals surface area contributed by atoms with Gasteiger partial charge < -0.3 is 0 Å². The van der Waals surface area contributed by atoms with Crippen molar-refractivity contribution >= 4 is 6.29 Å². The van der Waals surface area contributed by atoms with E-state index in [9.17, 15) is 8.78 Å². The van der Waals surface area contributed by atoms with Gasteiger partial charge in [0.1, 0.15) is 4.92 Å². The predicted molar refractivity (Wildman–Crippen MR) is 18.0 cm³/mol. The zero-order chi connectivity index (χ0) is 6.78. The number of rotatable bonds is 2. The molecule has 0 aliphatic rings. The largest absolute Gasteiger partial charge is 0.570 e. The second-order valence-electron chi connectivity index (χ2n) is 0.963. The third-order valence-corrected chi connectivity index (χ3v) is 0.385. The van der Waals surface area contributed by atoms with Crippen molar-refractivity contribution in [1.29, 1.82) is 0 Å². The third-order valence-electron chi connectivity index (χ3n) is 0.385. The lowest BCUT2D eigenvalue weighted by atomic mass is 10.7. The summed E-state index contributed by atoms with van der Waals surface area (Å²) in [6.07, 6.45) is -1.02. The standard InChI is InChI=1S/C2HF2NO3/c3-2(4,1-6)5(7)8/h1H. The number of halogens is 2. The van der Waals surface area contributed by atoms with Gasteiger partial charge in [-0.25, -0.2) is 0 Å². The van der Waals surface area contributed by atoms with Crippen LogP contribution < -0.4 is 0 Å². The SMILES string of the molecule is O=CC(F)(F)[N+](=O)[O-]. The van der Waals surface area contributed by atoms with Crippen molar-refractivity contribution in [2.24, 2.45) is 0 Å². The molecule has 0 unspecified atom stereocenters. The molecule has 8 heavy (non-hydrogen) atoms. The molecule has 0 saturated heterocycles. The van der Waals surface area contributed by atoms with Crippen LogP contribution in [-0.2, 0) is 4.79 Å². The van der Waals surface area contributed by atoms with Gasteiger partial charge in [0.25, 0.3) is 6.29 Å². The Morgan fingerprint density at radius 3 is 2.00 bits per heavy atom. The molecule has 0 atom stereocenters. The molecule has 46 valence electrons. The number of hydrogen-bond acceptors (Lipinski definition) is 3. The van der Waals surface area contributed by atoms with Crippen LogP contribution in [0.4, 0.5) is 8.78 Å². The highest BCUT2D eigenvalue weighted by Crippen LogP contribution is 2.08. The Morgan fingerprint density at radius 2 is 2.00 bits per heavy atom. The van der Waals surface area contributed by atoms with Crippen molar-refractivity contribution in [2.45, 2.75) is 6.05 Å². The fourth-order valence-electron chi connectivity index (χ4n) is 0.0430. The van der Waals surface area contributed by atoms with E-state index in [1.807, 2.05) is 0 Å². The maximum Gasteiger partial charge on any atom is 0.570 e. The first-order valence-electron chi connectivity index (χ1n) is 1.49. The van der Waals surface area contributed by atoms with Gasteiger partial charge in [-0.15, -0.1) is 8.78 Å². The number of nitrogens with zero attached hydrogens (tertiary/aromatic N) is 1. The van der Waals surface area contributed by atoms with Crippen molar-refractivity contribution < 1.29 is 18.5 Å². The van der Waals surface area contributed by atoms with Crippen LogP contribution in [0.25, 0.3) is 0 Å². The Bertz CT molecular complexity index is 122. The van der Waals surface area contributed by atoms with Gasteiger partial charge in [0.05, 0.1) is 0 Å². The molecule has 0 N–H and O–H groups in total. The molecule has 0 aromatic carbocycles. The van der Waals surface area contributed by atoms with E-state index in [0.29, 0.717) is 0 Å². The van der Waals surface area contributed by atoms with Gasteiger partial charge in [-0.3, -0.25) is 14.9 Å². The lowest BCUT2D eigenvalue weighted by Gasteiger charge is -1.93. The molecule has 0 saturated carbocycles. The fraction of sp³-hybridized carbons (Fsp3) is 0.500. The number of alkyl halides is 2. The first-order chi connectivity index (χ1) is 3.50. The van der Waals surface area contributed by atoms with Gasteiger partial charge in [0, 0.05) is 0 Å². The van der Waals surface area contributed by atoms with Crippen molar-refractivity contribution in [3.8, 4) is 0 Å². The molecule has 0 heterocycles. The van der Waals surface area contributed by atoms with Gasteiger partial charge in [-0.1, -0.05) is 0 Å². The molecule has 0 amide bonds. The molecule has 0 aromatic rings. The average molecular weight is 125 g/mol. The Morgan fingerprint density at radius 1 is 1.62 bits per heavy atom. The van der Waals surface area contributed by atoms with Gasteiger partial charge in [-0.05, 0) is 0 Å². The normalized spacial score (nSPS) is 10.8. The Hall–Kier alpha value is -1.07. The number of carbonyl (C=O) groups excluding carboxylic acids is 1. The fourth-order valence-corrected chi connectivity index (χ4v) is 0.0430. The maximum absolute atomic E-state index is 11.2. The summed E-state index contributed by atoms with van der Waals surface area (Å²) in [6.45, 7) is 0. The summed E-state index contributed by atoms with van der Waals surface area (Å²) in [5.74, 6) is 0. The predicted octanol–water partition coefficient (Wildman–Crippen LogP) is 0.0548. The highest BCUT2D eigenvalue weighted by molar-refractivity contribution is 5.56. The van der Waals surface area contributed by atoms with Crippen LogP contribution in [0.2, 0.25) is 0 Å². The van der Waals surface area contributed by atoms with Gasteiger partial charge in [0.15, 0.2) is 0 Å². The molecule has 0 aliphatic heterocycles. The number of hydrogen-bond donors (Lipinski definition) is 0. The molecule has 0 rings (SSSR count). The number of aldehydes is 1. The molecule has 0 fully saturated rings. The van der Waals surface area contributed by atoms with Crippen molar-refractivity contribution in [3.63, 3.8) is 0 Å². The summed E-state index contributed by atoms with van der Waals surface area (Å²) >= 11 is 0. The van der Waals surface area contributed by atoms with Crippen LogP contribution in [-0.4, -0.2) is 17.3 Å². The molecule has 0 aliphatic carbocycles. The summed E-state index contributed by atoms with van der Waals surface area (Å²) in [6, 6.07) is -4.42. The summed E-state index contributed by atoms with van der Waals surface area (Å²) in [5, 5.41) is 9.08. The van der Waals surface area contributed by atoms with E-state index < -0.39 is 17.3 Å². The Balaban J connectivity index is 4.12. The van der Waals surface area contributed by atoms with Crippen LogP contribution in [0.3, 0.4) is 0 Å². The quantitative estimate of drug-likeness (QED) is 0.227. The highest BCUT2D eigenvalue weighted by atomic mass is 19.3. The summed E-state index contributed by atoms with van der Waals surface area (Å²) < 4.78 is 22.4. The average Bonchev–Trinajstić information content (AvgIpc) is 1.67. The summed E-state index contributed by atoms with van der Waals surface area (Å²) in [5.41, 5.74) is 0. The van der Waals surface area contributed by atoms with E-state index in [4.69, 9.17) is 14.9 Å². The van der Waals surface area contributed by atoms with E-state index in [0.717, 1.165) is 0 Å². The van der Waals surface area contributed by atoms with Crippen molar-refractivity contribution in [3.05, 3.63) is 10.1 Å². The smallest absolute Gasteiger partial charge is 0.288 e. The maximum atomic E-state index is 11.2. The van der Waals surface area contributed by atoms with Crippen molar-refractivity contribution in [1.82, 2.24) is 0 Å². The monoisotopic (exact) mass is 125 g/mol. The van der Waals surface area contributed by atoms with Crippen LogP contribution in [0.5, 0.6) is 0 Å². The lowest BCUT2D eigenvalue weighted by molar-refractivity contribution is -0.619. The third kappa shape index (κ3) is 1.21. The molecule has 0 aromatic heterocycles. The number of carbonyl (C=O) groups is 1. The Kier molecular flexibility index (Phi) is 1.57. The Labute approximate surface area is 42.2 Å². The van der Waals surface area contributed by atoms with E-state index in [1.54, 1.807) is 0 Å². The van der Waals surface area contributed by atoms with Gasteiger partial charge in [0.2, 0.25) is 0 Å². The minimum absolute atomic E-state index is 1.02. The molecule has 4 nitrogen and oxygen atoms in total. The number of nitro groups is 1. The second kappa shape index (κ2) is 1.81. The second-order valence-corrected chi connectivity index (χ2v) is 0.963. The van der Waals surface area contributed by atoms with Crippen LogP contribution in [0.15, 0.2) is 0 Å². The highest BCUT2D eigenvalue weighted by Gasteiger charge is 2.43. The molecular formula is C2HF2NO3. The molecule has 0 radical (unpaired) electrons. The summed E-state index contributed by atoms with van der Waals surface area (Å²) in [4.78, 5) is 16.2. The topological polar surface area (TPSA) is 60.2 Å². The van der Waals surface area contributed by atoms with Crippen LogP contribution in [0, 0.1) is 10.1 Å². The van der Waals surface area contributed by atoms with Crippen LogP contribution in [0.1, 0.15) is 0 Å². The van der Waals surface area contributed by atoms with E-state index >= 15 is 0 Å². The molecule has 0 bridgehead atoms. The zero-order valence-electron chi connectivity index (χ0n) is 3.51. The first kappa shape index (κ1) is 6.93. The van der Waals surface area contributed by atoms with E-state index in [-0.39, 0.29) is 0 Å². The van der Waals surface area contributed by atoms with Crippen LogP contribution >= 0.6 is 0 Å². The minimum Gasteiger partial charge on any atom is -0.288 e. The lowest BCUT2D eigenvalue weighted by Crippen LogP contribution is -2.28. The van der Waals surface area contributed by atoms with Crippen molar-refractivity contribution in [2.75, 3.05) is 0 Å². The van der Waals surface area contributed by atoms with Gasteiger partial charge in [-0.2, -0.15) is 0 Å². The van der Waals surface area contributed by atoms with Gasteiger partial charge >= 0.3 is 6.05 Å².